The normalized spacial score (nSPS) is 24.3. The molecule has 2 rings (SSSR count). The Kier molecular flexibility index (Phi) is 3.54. The molecule has 0 spiro atoms. The molecule has 1 aromatic rings. The molecule has 106 valence electrons. The van der Waals surface area contributed by atoms with Crippen LogP contribution in [-0.4, -0.2) is 12.1 Å². The van der Waals surface area contributed by atoms with Crippen LogP contribution in [0.5, 0.6) is 0 Å². The van der Waals surface area contributed by atoms with Crippen molar-refractivity contribution in [2.45, 2.75) is 45.3 Å². The number of hydrogen-bond acceptors (Lipinski definition) is 1. The van der Waals surface area contributed by atoms with E-state index in [-0.39, 0.29) is 5.54 Å². The number of benzene rings is 1. The predicted octanol–water partition coefficient (Wildman–Crippen LogP) is 4.72. The fourth-order valence-electron chi connectivity index (χ4n) is 2.84. The molecular formula is C15H20F3N. The predicted molar refractivity (Wildman–Crippen MR) is 71.3 cm³/mol. The monoisotopic (exact) mass is 271 g/mol. The molecule has 1 atom stereocenters. The summed E-state index contributed by atoms with van der Waals surface area (Å²) in [4.78, 5) is 2.25. The van der Waals surface area contributed by atoms with Gasteiger partial charge in [0.25, 0.3) is 0 Å². The van der Waals surface area contributed by atoms with Gasteiger partial charge in [0.05, 0.1) is 5.56 Å². The highest BCUT2D eigenvalue weighted by molar-refractivity contribution is 5.51. The molecule has 0 unspecified atom stereocenters. The Morgan fingerprint density at radius 1 is 1.16 bits per heavy atom. The Balaban J connectivity index is 2.28. The van der Waals surface area contributed by atoms with Crippen LogP contribution in [0, 0.1) is 5.92 Å². The lowest BCUT2D eigenvalue weighted by molar-refractivity contribution is -0.137. The van der Waals surface area contributed by atoms with E-state index in [0.29, 0.717) is 5.92 Å². The average molecular weight is 271 g/mol. The Morgan fingerprint density at radius 2 is 1.74 bits per heavy atom. The van der Waals surface area contributed by atoms with Crippen molar-refractivity contribution in [3.05, 3.63) is 29.8 Å². The summed E-state index contributed by atoms with van der Waals surface area (Å²) >= 11 is 0. The Labute approximate surface area is 112 Å². The van der Waals surface area contributed by atoms with E-state index in [1.165, 1.54) is 12.1 Å². The Morgan fingerprint density at radius 3 is 2.21 bits per heavy atom. The van der Waals surface area contributed by atoms with Gasteiger partial charge in [-0.15, -0.1) is 0 Å². The molecule has 0 bridgehead atoms. The van der Waals surface area contributed by atoms with Crippen LogP contribution in [0.25, 0.3) is 0 Å². The number of hydrogen-bond donors (Lipinski definition) is 0. The third kappa shape index (κ3) is 2.58. The fourth-order valence-corrected chi connectivity index (χ4v) is 2.84. The van der Waals surface area contributed by atoms with Crippen molar-refractivity contribution in [2.24, 2.45) is 5.92 Å². The first-order chi connectivity index (χ1) is 8.75. The van der Waals surface area contributed by atoms with Crippen molar-refractivity contribution >= 4 is 5.69 Å². The first-order valence-electron chi connectivity index (χ1n) is 6.70. The summed E-state index contributed by atoms with van der Waals surface area (Å²) in [6, 6.07) is 5.53. The zero-order valence-electron chi connectivity index (χ0n) is 11.6. The Hall–Kier alpha value is -1.19. The maximum Gasteiger partial charge on any atom is 0.416 e. The largest absolute Gasteiger partial charge is 0.416 e. The summed E-state index contributed by atoms with van der Waals surface area (Å²) in [5.41, 5.74) is 0.350. The summed E-state index contributed by atoms with van der Waals surface area (Å²) in [6.45, 7) is 7.45. The zero-order chi connectivity index (χ0) is 14.3. The highest BCUT2D eigenvalue weighted by atomic mass is 19.4. The van der Waals surface area contributed by atoms with Gasteiger partial charge < -0.3 is 4.90 Å². The lowest BCUT2D eigenvalue weighted by Gasteiger charge is -2.40. The molecule has 0 saturated carbocycles. The minimum Gasteiger partial charge on any atom is -0.366 e. The van der Waals surface area contributed by atoms with Gasteiger partial charge in [0.2, 0.25) is 0 Å². The molecule has 0 radical (unpaired) electrons. The van der Waals surface area contributed by atoms with Crippen molar-refractivity contribution in [3.8, 4) is 0 Å². The van der Waals surface area contributed by atoms with Crippen LogP contribution in [0.4, 0.5) is 18.9 Å². The smallest absolute Gasteiger partial charge is 0.366 e. The third-order valence-corrected chi connectivity index (χ3v) is 4.43. The van der Waals surface area contributed by atoms with Crippen LogP contribution < -0.4 is 4.90 Å². The first-order valence-corrected chi connectivity index (χ1v) is 6.70. The van der Waals surface area contributed by atoms with E-state index in [2.05, 4.69) is 25.7 Å². The molecule has 0 aromatic heterocycles. The maximum absolute atomic E-state index is 12.6. The third-order valence-electron chi connectivity index (χ3n) is 4.43. The lowest BCUT2D eigenvalue weighted by atomic mass is 9.85. The van der Waals surface area contributed by atoms with E-state index in [1.54, 1.807) is 12.1 Å². The number of anilines is 1. The summed E-state index contributed by atoms with van der Waals surface area (Å²) in [5.74, 6) is 0.470. The molecular weight excluding hydrogens is 251 g/mol. The van der Waals surface area contributed by atoms with E-state index < -0.39 is 11.7 Å². The van der Waals surface area contributed by atoms with Crippen LogP contribution in [0.3, 0.4) is 0 Å². The van der Waals surface area contributed by atoms with E-state index in [0.717, 1.165) is 25.1 Å². The minimum absolute atomic E-state index is 0.0414. The van der Waals surface area contributed by atoms with Crippen LogP contribution in [0.2, 0.25) is 0 Å². The van der Waals surface area contributed by atoms with E-state index in [4.69, 9.17) is 0 Å². The van der Waals surface area contributed by atoms with Gasteiger partial charge in [-0.1, -0.05) is 13.8 Å². The highest BCUT2D eigenvalue weighted by Crippen LogP contribution is 2.40. The summed E-state index contributed by atoms with van der Waals surface area (Å²) < 4.78 is 37.7. The fraction of sp³-hybridized carbons (Fsp3) is 0.600. The number of nitrogens with zero attached hydrogens (tertiary/aromatic N) is 1. The molecule has 1 nitrogen and oxygen atoms in total. The Bertz CT molecular complexity index is 436. The van der Waals surface area contributed by atoms with Crippen LogP contribution in [0.1, 0.15) is 39.2 Å². The summed E-state index contributed by atoms with van der Waals surface area (Å²) in [5, 5.41) is 0. The van der Waals surface area contributed by atoms with Gasteiger partial charge in [0, 0.05) is 17.8 Å². The topological polar surface area (TPSA) is 3.24 Å². The first kappa shape index (κ1) is 14.2. The molecule has 1 heterocycles. The molecule has 1 aromatic carbocycles. The van der Waals surface area contributed by atoms with Gasteiger partial charge in [-0.2, -0.15) is 13.2 Å². The van der Waals surface area contributed by atoms with Crippen LogP contribution in [-0.2, 0) is 6.18 Å². The van der Waals surface area contributed by atoms with E-state index in [9.17, 15) is 13.2 Å². The number of halogens is 3. The zero-order valence-corrected chi connectivity index (χ0v) is 11.6. The SMILES string of the molecule is CC(C)[C@]1(C)CCCN1c1ccc(C(F)(F)F)cc1. The minimum atomic E-state index is -4.26. The molecule has 1 fully saturated rings. The second-order valence-electron chi connectivity index (χ2n) is 5.81. The number of rotatable bonds is 2. The van der Waals surface area contributed by atoms with Gasteiger partial charge in [-0.05, 0) is 49.9 Å². The van der Waals surface area contributed by atoms with Crippen molar-refractivity contribution in [3.63, 3.8) is 0 Å². The maximum atomic E-state index is 12.6. The average Bonchev–Trinajstić information content (AvgIpc) is 2.72. The summed E-state index contributed by atoms with van der Waals surface area (Å²) in [6.07, 6.45) is -2.08. The number of alkyl halides is 3. The molecule has 19 heavy (non-hydrogen) atoms. The van der Waals surface area contributed by atoms with Gasteiger partial charge in [-0.25, -0.2) is 0 Å². The van der Waals surface area contributed by atoms with Crippen LogP contribution >= 0.6 is 0 Å². The van der Waals surface area contributed by atoms with Gasteiger partial charge >= 0.3 is 6.18 Å². The van der Waals surface area contributed by atoms with Crippen molar-refractivity contribution in [1.29, 1.82) is 0 Å². The molecule has 1 aliphatic heterocycles. The van der Waals surface area contributed by atoms with E-state index in [1.807, 2.05) is 0 Å². The van der Waals surface area contributed by atoms with Crippen LogP contribution in [0.15, 0.2) is 24.3 Å². The van der Waals surface area contributed by atoms with Gasteiger partial charge in [-0.3, -0.25) is 0 Å². The lowest BCUT2D eigenvalue weighted by Crippen LogP contribution is -2.45. The van der Waals surface area contributed by atoms with Gasteiger partial charge in [0.15, 0.2) is 0 Å². The van der Waals surface area contributed by atoms with E-state index >= 15 is 0 Å². The molecule has 0 N–H and O–H groups in total. The van der Waals surface area contributed by atoms with Crippen molar-refractivity contribution < 1.29 is 13.2 Å². The second kappa shape index (κ2) is 4.73. The highest BCUT2D eigenvalue weighted by Gasteiger charge is 2.39. The quantitative estimate of drug-likeness (QED) is 0.752. The molecule has 0 amide bonds. The van der Waals surface area contributed by atoms with Crippen molar-refractivity contribution in [1.82, 2.24) is 0 Å². The molecule has 1 aliphatic rings. The molecule has 1 saturated heterocycles. The standard InChI is InChI=1S/C15H20F3N/c1-11(2)14(3)9-4-10-19(14)13-7-5-12(6-8-13)15(16,17)18/h5-8,11H,4,9-10H2,1-3H3/t14-/m0/s1. The molecule has 4 heteroatoms. The molecule has 0 aliphatic carbocycles. The van der Waals surface area contributed by atoms with Gasteiger partial charge in [0.1, 0.15) is 0 Å². The summed E-state index contributed by atoms with van der Waals surface area (Å²) in [7, 11) is 0. The second-order valence-corrected chi connectivity index (χ2v) is 5.81. The van der Waals surface area contributed by atoms with Crippen molar-refractivity contribution in [2.75, 3.05) is 11.4 Å².